The number of rotatable bonds is 10. The molecule has 1 N–H and O–H groups in total. The lowest BCUT2D eigenvalue weighted by atomic mass is 10.1. The van der Waals surface area contributed by atoms with Crippen LogP contribution in [0.5, 0.6) is 0 Å². The third-order valence-electron chi connectivity index (χ3n) is 5.86. The minimum absolute atomic E-state index is 0.000349. The molecule has 0 bridgehead atoms. The molecule has 0 aromatic heterocycles. The van der Waals surface area contributed by atoms with Crippen molar-refractivity contribution in [3.8, 4) is 0 Å². The molecule has 0 radical (unpaired) electrons. The zero-order valence-electron chi connectivity index (χ0n) is 22.4. The van der Waals surface area contributed by atoms with Crippen LogP contribution in [0.1, 0.15) is 39.7 Å². The molecule has 0 saturated heterocycles. The molecular formula is C29H33ClFN3O4S. The lowest BCUT2D eigenvalue weighted by molar-refractivity contribution is -0.141. The Hall–Kier alpha value is -3.43. The summed E-state index contributed by atoms with van der Waals surface area (Å²) >= 11 is 6.18. The predicted octanol–water partition coefficient (Wildman–Crippen LogP) is 5.40. The molecule has 3 rings (SSSR count). The van der Waals surface area contributed by atoms with Gasteiger partial charge in [-0.2, -0.15) is 0 Å². The van der Waals surface area contributed by atoms with Gasteiger partial charge in [0.15, 0.2) is 0 Å². The lowest BCUT2D eigenvalue weighted by Crippen LogP contribution is -2.55. The van der Waals surface area contributed by atoms with E-state index in [1.165, 1.54) is 47.4 Å². The van der Waals surface area contributed by atoms with E-state index < -0.39 is 39.9 Å². The van der Waals surface area contributed by atoms with Crippen molar-refractivity contribution in [3.63, 3.8) is 0 Å². The summed E-state index contributed by atoms with van der Waals surface area (Å²) in [4.78, 5) is 28.6. The number of amides is 2. The number of hydrogen-bond acceptors (Lipinski definition) is 4. The minimum atomic E-state index is -4.18. The molecule has 2 amide bonds. The Kier molecular flexibility index (Phi) is 9.74. The third-order valence-corrected chi connectivity index (χ3v) is 7.88. The summed E-state index contributed by atoms with van der Waals surface area (Å²) in [6, 6.07) is 18.7. The van der Waals surface area contributed by atoms with Gasteiger partial charge in [-0.15, -0.1) is 0 Å². The van der Waals surface area contributed by atoms with Gasteiger partial charge < -0.3 is 10.2 Å². The number of benzene rings is 3. The molecule has 0 saturated carbocycles. The topological polar surface area (TPSA) is 86.8 Å². The molecule has 0 heterocycles. The van der Waals surface area contributed by atoms with Crippen molar-refractivity contribution in [2.45, 2.75) is 57.1 Å². The Bertz CT molecular complexity index is 1390. The van der Waals surface area contributed by atoms with Gasteiger partial charge in [0.2, 0.25) is 11.8 Å². The molecule has 3 aromatic rings. The van der Waals surface area contributed by atoms with Crippen LogP contribution in [-0.2, 0) is 26.2 Å². The van der Waals surface area contributed by atoms with Gasteiger partial charge in [0.05, 0.1) is 10.6 Å². The fraction of sp³-hybridized carbons (Fsp3) is 0.310. The molecular weight excluding hydrogens is 541 g/mol. The van der Waals surface area contributed by atoms with Crippen molar-refractivity contribution in [1.29, 1.82) is 0 Å². The smallest absolute Gasteiger partial charge is 0.264 e. The van der Waals surface area contributed by atoms with Crippen LogP contribution in [0.3, 0.4) is 0 Å². The van der Waals surface area contributed by atoms with Gasteiger partial charge in [0.1, 0.15) is 18.4 Å². The van der Waals surface area contributed by atoms with Crippen molar-refractivity contribution >= 4 is 39.1 Å². The van der Waals surface area contributed by atoms with E-state index in [2.05, 4.69) is 5.32 Å². The van der Waals surface area contributed by atoms with Crippen molar-refractivity contribution < 1.29 is 22.4 Å². The van der Waals surface area contributed by atoms with E-state index in [0.29, 0.717) is 10.6 Å². The Labute approximate surface area is 234 Å². The highest BCUT2D eigenvalue weighted by atomic mass is 35.5. The number of sulfonamides is 1. The second kappa shape index (κ2) is 12.6. The van der Waals surface area contributed by atoms with Gasteiger partial charge in [0.25, 0.3) is 10.0 Å². The van der Waals surface area contributed by atoms with Crippen LogP contribution < -0.4 is 9.62 Å². The zero-order chi connectivity index (χ0) is 28.8. The average molecular weight is 574 g/mol. The number of nitrogens with zero attached hydrogens (tertiary/aromatic N) is 2. The quantitative estimate of drug-likeness (QED) is 0.352. The molecule has 208 valence electrons. The van der Waals surface area contributed by atoms with Crippen LogP contribution in [0.15, 0.2) is 83.8 Å². The monoisotopic (exact) mass is 573 g/mol. The first-order valence-electron chi connectivity index (χ1n) is 12.5. The molecule has 1 atom stereocenters. The first kappa shape index (κ1) is 30.1. The lowest BCUT2D eigenvalue weighted by Gasteiger charge is -2.34. The Balaban J connectivity index is 2.06. The highest BCUT2D eigenvalue weighted by Crippen LogP contribution is 2.27. The molecule has 39 heavy (non-hydrogen) atoms. The fourth-order valence-corrected chi connectivity index (χ4v) is 5.65. The Morgan fingerprint density at radius 3 is 2.18 bits per heavy atom. The zero-order valence-corrected chi connectivity index (χ0v) is 24.0. The van der Waals surface area contributed by atoms with Crippen molar-refractivity contribution in [2.75, 3.05) is 10.8 Å². The molecule has 3 aromatic carbocycles. The van der Waals surface area contributed by atoms with Gasteiger partial charge in [-0.05, 0) is 75.2 Å². The van der Waals surface area contributed by atoms with E-state index in [-0.39, 0.29) is 29.5 Å². The Morgan fingerprint density at radius 2 is 1.62 bits per heavy atom. The SMILES string of the molecule is CC[C@H](C(=O)NC(C)(C)C)N(Cc1ccc(F)cc1)C(=O)CN(c1cccc(Cl)c1)S(=O)(=O)c1ccccc1. The van der Waals surface area contributed by atoms with Crippen LogP contribution in [0, 0.1) is 5.82 Å². The highest BCUT2D eigenvalue weighted by molar-refractivity contribution is 7.92. The second-order valence-electron chi connectivity index (χ2n) is 10.1. The predicted molar refractivity (Wildman–Crippen MR) is 151 cm³/mol. The fourth-order valence-electron chi connectivity index (χ4n) is 4.04. The summed E-state index contributed by atoms with van der Waals surface area (Å²) in [5.74, 6) is -1.41. The second-order valence-corrected chi connectivity index (χ2v) is 12.4. The molecule has 0 aliphatic rings. The summed E-state index contributed by atoms with van der Waals surface area (Å²) in [5.41, 5.74) is 0.235. The standard InChI is InChI=1S/C29H33ClFN3O4S/c1-5-26(28(36)32-29(2,3)4)33(19-21-14-16-23(31)17-15-21)27(35)20-34(24-11-9-10-22(30)18-24)39(37,38)25-12-7-6-8-13-25/h6-18,26H,5,19-20H2,1-4H3,(H,32,36)/t26-/m1/s1. The molecule has 0 unspecified atom stereocenters. The van der Waals surface area contributed by atoms with Gasteiger partial charge in [-0.3, -0.25) is 13.9 Å². The number of hydrogen-bond donors (Lipinski definition) is 1. The van der Waals surface area contributed by atoms with Crippen LogP contribution in [-0.4, -0.2) is 43.3 Å². The number of carbonyl (C=O) groups excluding carboxylic acids is 2. The van der Waals surface area contributed by atoms with Crippen molar-refractivity contribution in [3.05, 3.63) is 95.3 Å². The van der Waals surface area contributed by atoms with Gasteiger partial charge in [0, 0.05) is 17.1 Å². The maximum atomic E-state index is 14.0. The maximum absolute atomic E-state index is 14.0. The molecule has 0 fully saturated rings. The largest absolute Gasteiger partial charge is 0.350 e. The molecule has 7 nitrogen and oxygen atoms in total. The molecule has 0 aliphatic carbocycles. The minimum Gasteiger partial charge on any atom is -0.350 e. The molecule has 10 heteroatoms. The first-order valence-corrected chi connectivity index (χ1v) is 14.3. The number of halogens is 2. The number of nitrogens with one attached hydrogen (secondary N) is 1. The van der Waals surface area contributed by atoms with E-state index in [9.17, 15) is 22.4 Å². The first-order chi connectivity index (χ1) is 18.3. The van der Waals surface area contributed by atoms with Crippen LogP contribution in [0.4, 0.5) is 10.1 Å². The number of carbonyl (C=O) groups is 2. The summed E-state index contributed by atoms with van der Waals surface area (Å²) in [7, 11) is -4.18. The van der Waals surface area contributed by atoms with Crippen molar-refractivity contribution in [2.24, 2.45) is 0 Å². The van der Waals surface area contributed by atoms with E-state index in [1.54, 1.807) is 43.3 Å². The van der Waals surface area contributed by atoms with Gasteiger partial charge in [-0.25, -0.2) is 12.8 Å². The van der Waals surface area contributed by atoms with E-state index >= 15 is 0 Å². The van der Waals surface area contributed by atoms with Crippen molar-refractivity contribution in [1.82, 2.24) is 10.2 Å². The van der Waals surface area contributed by atoms with Crippen LogP contribution >= 0.6 is 11.6 Å². The van der Waals surface area contributed by atoms with E-state index in [1.807, 2.05) is 20.8 Å². The third kappa shape index (κ3) is 8.03. The van der Waals surface area contributed by atoms with Crippen LogP contribution in [0.25, 0.3) is 0 Å². The van der Waals surface area contributed by atoms with Gasteiger partial charge >= 0.3 is 0 Å². The summed E-state index contributed by atoms with van der Waals surface area (Å²) in [5, 5.41) is 3.21. The highest BCUT2D eigenvalue weighted by Gasteiger charge is 2.34. The summed E-state index contributed by atoms with van der Waals surface area (Å²) < 4.78 is 42.1. The van der Waals surface area contributed by atoms with Crippen LogP contribution in [0.2, 0.25) is 5.02 Å². The number of anilines is 1. The van der Waals surface area contributed by atoms with E-state index in [4.69, 9.17) is 11.6 Å². The Morgan fingerprint density at radius 1 is 0.974 bits per heavy atom. The van der Waals surface area contributed by atoms with E-state index in [0.717, 1.165) is 4.31 Å². The van der Waals surface area contributed by atoms with Gasteiger partial charge in [-0.1, -0.05) is 54.9 Å². The normalized spacial score (nSPS) is 12.5. The summed E-state index contributed by atoms with van der Waals surface area (Å²) in [6.07, 6.45) is 0.275. The summed E-state index contributed by atoms with van der Waals surface area (Å²) in [6.45, 7) is 6.65. The molecule has 0 spiro atoms. The molecule has 0 aliphatic heterocycles. The maximum Gasteiger partial charge on any atom is 0.264 e. The average Bonchev–Trinajstić information content (AvgIpc) is 2.87.